The van der Waals surface area contributed by atoms with Gasteiger partial charge in [0.2, 0.25) is 25.8 Å². The molecule has 0 spiro atoms. The van der Waals surface area contributed by atoms with Crippen LogP contribution in [0.15, 0.2) is 98.3 Å². The van der Waals surface area contributed by atoms with Gasteiger partial charge in [0.25, 0.3) is 0 Å². The molecule has 152 valence electrons. The van der Waals surface area contributed by atoms with E-state index in [2.05, 4.69) is 4.98 Å². The van der Waals surface area contributed by atoms with Crippen LogP contribution in [0, 0.1) is 11.6 Å². The third-order valence-corrected chi connectivity index (χ3v) is 7.07. The Balaban J connectivity index is 1.74. The minimum absolute atomic E-state index is 0.0829. The van der Waals surface area contributed by atoms with E-state index >= 15 is 0 Å². The standard InChI is InChI=1S/C22H15F2NO3S2/c23-17-8-6-15(7-9-17)14-29-22-21(25-20(28-22)16-4-2-1-3-5-16)30(26,27)19-12-10-18(24)11-13-19/h1-13H,14H2. The van der Waals surface area contributed by atoms with Gasteiger partial charge >= 0.3 is 0 Å². The number of halogens is 2. The van der Waals surface area contributed by atoms with Gasteiger partial charge in [0.05, 0.1) is 4.90 Å². The summed E-state index contributed by atoms with van der Waals surface area (Å²) >= 11 is 1.14. The van der Waals surface area contributed by atoms with Crippen molar-refractivity contribution in [1.82, 2.24) is 4.98 Å². The first-order valence-corrected chi connectivity index (χ1v) is 11.3. The summed E-state index contributed by atoms with van der Waals surface area (Å²) in [6.45, 7) is 0. The van der Waals surface area contributed by atoms with E-state index in [1.807, 2.05) is 6.07 Å². The van der Waals surface area contributed by atoms with Crippen LogP contribution in [-0.2, 0) is 15.6 Å². The van der Waals surface area contributed by atoms with E-state index in [4.69, 9.17) is 4.42 Å². The maximum absolute atomic E-state index is 13.3. The first-order chi connectivity index (χ1) is 14.4. The van der Waals surface area contributed by atoms with Gasteiger partial charge in [-0.25, -0.2) is 17.2 Å². The molecule has 0 aliphatic heterocycles. The molecule has 0 aliphatic carbocycles. The molecule has 0 saturated heterocycles. The van der Waals surface area contributed by atoms with Crippen LogP contribution in [0.2, 0.25) is 0 Å². The lowest BCUT2D eigenvalue weighted by molar-refractivity contribution is 0.470. The number of thioether (sulfide) groups is 1. The molecule has 0 unspecified atom stereocenters. The molecule has 4 nitrogen and oxygen atoms in total. The van der Waals surface area contributed by atoms with Gasteiger partial charge in [-0.1, -0.05) is 42.1 Å². The van der Waals surface area contributed by atoms with E-state index in [9.17, 15) is 17.2 Å². The third kappa shape index (κ3) is 4.29. The lowest BCUT2D eigenvalue weighted by Crippen LogP contribution is -2.04. The summed E-state index contributed by atoms with van der Waals surface area (Å²) in [5, 5.41) is -0.123. The Morgan fingerprint density at radius 3 is 2.07 bits per heavy atom. The summed E-state index contributed by atoms with van der Waals surface area (Å²) in [5.74, 6) is -0.368. The molecule has 0 fully saturated rings. The molecular formula is C22H15F2NO3S2. The smallest absolute Gasteiger partial charge is 0.228 e. The van der Waals surface area contributed by atoms with Gasteiger partial charge in [0.15, 0.2) is 0 Å². The molecule has 0 aliphatic rings. The van der Waals surface area contributed by atoms with Crippen LogP contribution in [-0.4, -0.2) is 13.4 Å². The van der Waals surface area contributed by atoms with Crippen LogP contribution < -0.4 is 0 Å². The first kappa shape index (κ1) is 20.3. The fourth-order valence-electron chi connectivity index (χ4n) is 2.71. The van der Waals surface area contributed by atoms with Gasteiger partial charge < -0.3 is 4.42 Å². The van der Waals surface area contributed by atoms with Gasteiger partial charge in [-0.2, -0.15) is 4.98 Å². The van der Waals surface area contributed by atoms with Crippen molar-refractivity contribution in [3.05, 3.63) is 96.1 Å². The fourth-order valence-corrected chi connectivity index (χ4v) is 5.20. The number of aromatic nitrogens is 1. The van der Waals surface area contributed by atoms with E-state index < -0.39 is 15.7 Å². The Morgan fingerprint density at radius 1 is 0.833 bits per heavy atom. The Labute approximate surface area is 176 Å². The Morgan fingerprint density at radius 2 is 1.43 bits per heavy atom. The van der Waals surface area contributed by atoms with Gasteiger partial charge in [-0.3, -0.25) is 0 Å². The zero-order valence-electron chi connectivity index (χ0n) is 15.5. The number of sulfone groups is 1. The number of hydrogen-bond donors (Lipinski definition) is 0. The van der Waals surface area contributed by atoms with Crippen molar-refractivity contribution in [2.75, 3.05) is 0 Å². The van der Waals surface area contributed by atoms with Crippen molar-refractivity contribution in [3.8, 4) is 11.5 Å². The highest BCUT2D eigenvalue weighted by Crippen LogP contribution is 2.36. The highest BCUT2D eigenvalue weighted by atomic mass is 32.2. The SMILES string of the molecule is O=S(=O)(c1ccc(F)cc1)c1nc(-c2ccccc2)oc1SCc1ccc(F)cc1. The van der Waals surface area contributed by atoms with Gasteiger partial charge in [-0.15, -0.1) is 0 Å². The number of oxazole rings is 1. The topological polar surface area (TPSA) is 60.2 Å². The summed E-state index contributed by atoms with van der Waals surface area (Å²) in [6, 6.07) is 19.4. The Kier molecular flexibility index (Phi) is 5.69. The summed E-state index contributed by atoms with van der Waals surface area (Å²) in [4.78, 5) is 4.17. The summed E-state index contributed by atoms with van der Waals surface area (Å²) in [6.07, 6.45) is 0. The average Bonchev–Trinajstić information content (AvgIpc) is 3.20. The van der Waals surface area contributed by atoms with Gasteiger partial charge in [0, 0.05) is 11.3 Å². The third-order valence-electron chi connectivity index (χ3n) is 4.25. The molecule has 4 rings (SSSR count). The molecule has 0 N–H and O–H groups in total. The quantitative estimate of drug-likeness (QED) is 0.281. The summed E-state index contributed by atoms with van der Waals surface area (Å²) in [7, 11) is -4.04. The van der Waals surface area contributed by atoms with Gasteiger partial charge in [-0.05, 0) is 54.1 Å². The van der Waals surface area contributed by atoms with Gasteiger partial charge in [0.1, 0.15) is 11.6 Å². The number of hydrogen-bond acceptors (Lipinski definition) is 5. The highest BCUT2D eigenvalue weighted by molar-refractivity contribution is 7.99. The predicted molar refractivity (Wildman–Crippen MR) is 110 cm³/mol. The van der Waals surface area contributed by atoms with Crippen LogP contribution in [0.5, 0.6) is 0 Å². The Hall–Kier alpha value is -2.97. The molecule has 30 heavy (non-hydrogen) atoms. The molecule has 8 heteroatoms. The van der Waals surface area contributed by atoms with Crippen LogP contribution in [0.1, 0.15) is 5.56 Å². The normalized spacial score (nSPS) is 11.5. The Bertz CT molecular complexity index is 1250. The van der Waals surface area contributed by atoms with Crippen LogP contribution in [0.3, 0.4) is 0 Å². The monoisotopic (exact) mass is 443 g/mol. The average molecular weight is 443 g/mol. The molecule has 0 bridgehead atoms. The molecule has 0 radical (unpaired) electrons. The van der Waals surface area contributed by atoms with Crippen LogP contribution in [0.25, 0.3) is 11.5 Å². The zero-order valence-corrected chi connectivity index (χ0v) is 17.1. The largest absolute Gasteiger partial charge is 0.428 e. The van der Waals surface area contributed by atoms with Crippen LogP contribution >= 0.6 is 11.8 Å². The molecule has 0 saturated carbocycles. The van der Waals surface area contributed by atoms with Crippen molar-refractivity contribution in [3.63, 3.8) is 0 Å². The highest BCUT2D eigenvalue weighted by Gasteiger charge is 2.28. The van der Waals surface area contributed by atoms with E-state index in [1.165, 1.54) is 24.3 Å². The van der Waals surface area contributed by atoms with Crippen molar-refractivity contribution in [1.29, 1.82) is 0 Å². The number of nitrogens with zero attached hydrogens (tertiary/aromatic N) is 1. The van der Waals surface area contributed by atoms with Crippen molar-refractivity contribution >= 4 is 21.6 Å². The van der Waals surface area contributed by atoms with E-state index in [1.54, 1.807) is 36.4 Å². The molecule has 1 heterocycles. The van der Waals surface area contributed by atoms with E-state index in [-0.39, 0.29) is 26.7 Å². The fraction of sp³-hybridized carbons (Fsp3) is 0.0455. The van der Waals surface area contributed by atoms with E-state index in [0.29, 0.717) is 11.3 Å². The molecule has 4 aromatic rings. The molecule has 3 aromatic carbocycles. The number of benzene rings is 3. The maximum atomic E-state index is 13.3. The predicted octanol–water partition coefficient (Wildman–Crippen LogP) is 5.74. The minimum Gasteiger partial charge on any atom is -0.428 e. The molecular weight excluding hydrogens is 428 g/mol. The second kappa shape index (κ2) is 8.41. The molecule has 1 aromatic heterocycles. The lowest BCUT2D eigenvalue weighted by Gasteiger charge is -2.04. The van der Waals surface area contributed by atoms with Crippen LogP contribution in [0.4, 0.5) is 8.78 Å². The molecule has 0 atom stereocenters. The first-order valence-electron chi connectivity index (χ1n) is 8.87. The van der Waals surface area contributed by atoms with E-state index in [0.717, 1.165) is 29.5 Å². The maximum Gasteiger partial charge on any atom is 0.228 e. The second-order valence-electron chi connectivity index (χ2n) is 6.35. The van der Waals surface area contributed by atoms with Crippen molar-refractivity contribution in [2.45, 2.75) is 20.8 Å². The van der Waals surface area contributed by atoms with Crippen molar-refractivity contribution in [2.24, 2.45) is 0 Å². The molecule has 0 amide bonds. The number of rotatable bonds is 6. The van der Waals surface area contributed by atoms with Crippen molar-refractivity contribution < 1.29 is 21.6 Å². The minimum atomic E-state index is -4.04. The lowest BCUT2D eigenvalue weighted by atomic mass is 10.2. The second-order valence-corrected chi connectivity index (χ2v) is 9.16. The summed E-state index contributed by atoms with van der Waals surface area (Å²) < 4.78 is 58.5. The zero-order chi connectivity index (χ0) is 21.1. The summed E-state index contributed by atoms with van der Waals surface area (Å²) in [5.41, 5.74) is 1.42.